The van der Waals surface area contributed by atoms with Crippen LogP contribution in [-0.2, 0) is 4.79 Å². The molecule has 0 bridgehead atoms. The van der Waals surface area contributed by atoms with Crippen LogP contribution in [0.5, 0.6) is 5.75 Å². The molecule has 0 aliphatic carbocycles. The number of benzene rings is 2. The molecule has 1 unspecified atom stereocenters. The van der Waals surface area contributed by atoms with Crippen molar-refractivity contribution >= 4 is 17.7 Å². The van der Waals surface area contributed by atoms with Gasteiger partial charge in [0.15, 0.2) is 0 Å². The minimum Gasteiger partial charge on any atom is -0.497 e. The first kappa shape index (κ1) is 18.5. The summed E-state index contributed by atoms with van der Waals surface area (Å²) in [5, 5.41) is 2.95. The third-order valence-electron chi connectivity index (χ3n) is 3.96. The monoisotopic (exact) mass is 339 g/mol. The minimum atomic E-state index is -0.128. The zero-order chi connectivity index (χ0) is 18.2. The summed E-state index contributed by atoms with van der Waals surface area (Å²) in [6.07, 6.45) is 3.30. The van der Waals surface area contributed by atoms with E-state index in [2.05, 4.69) is 10.2 Å². The number of methoxy groups -OCH3 is 1. The first-order valence-electron chi connectivity index (χ1n) is 8.11. The molecule has 0 aliphatic heterocycles. The topological polar surface area (TPSA) is 67.6 Å². The third kappa shape index (κ3) is 5.65. The van der Waals surface area contributed by atoms with Gasteiger partial charge >= 0.3 is 0 Å². The molecule has 0 saturated heterocycles. The van der Waals surface area contributed by atoms with Gasteiger partial charge < -0.3 is 20.7 Å². The van der Waals surface area contributed by atoms with Crippen molar-refractivity contribution in [1.82, 2.24) is 10.2 Å². The Kier molecular flexibility index (Phi) is 6.60. The summed E-state index contributed by atoms with van der Waals surface area (Å²) in [6, 6.07) is 15.3. The van der Waals surface area contributed by atoms with Crippen LogP contribution in [0.4, 0.5) is 5.69 Å². The Morgan fingerprint density at radius 2 is 1.80 bits per heavy atom. The maximum atomic E-state index is 12.1. The normalized spacial score (nSPS) is 12.3. The van der Waals surface area contributed by atoms with Crippen molar-refractivity contribution in [3.63, 3.8) is 0 Å². The van der Waals surface area contributed by atoms with Gasteiger partial charge in [-0.1, -0.05) is 24.3 Å². The molecule has 0 fully saturated rings. The van der Waals surface area contributed by atoms with E-state index < -0.39 is 0 Å². The fourth-order valence-electron chi connectivity index (χ4n) is 2.46. The molecule has 0 spiro atoms. The molecule has 0 aromatic heterocycles. The minimum absolute atomic E-state index is 0.0831. The number of hydrogen-bond acceptors (Lipinski definition) is 4. The Hall–Kier alpha value is -2.79. The van der Waals surface area contributed by atoms with E-state index in [1.165, 1.54) is 6.08 Å². The molecule has 2 aromatic rings. The zero-order valence-corrected chi connectivity index (χ0v) is 14.9. The Morgan fingerprint density at radius 1 is 1.16 bits per heavy atom. The quantitative estimate of drug-likeness (QED) is 0.601. The summed E-state index contributed by atoms with van der Waals surface area (Å²) in [4.78, 5) is 14.2. The summed E-state index contributed by atoms with van der Waals surface area (Å²) in [5.41, 5.74) is 8.41. The largest absolute Gasteiger partial charge is 0.497 e. The molecule has 0 radical (unpaired) electrons. The zero-order valence-electron chi connectivity index (χ0n) is 14.9. The Bertz CT molecular complexity index is 707. The molecule has 3 N–H and O–H groups in total. The van der Waals surface area contributed by atoms with Crippen molar-refractivity contribution in [3.8, 4) is 5.75 Å². The number of nitrogens with two attached hydrogens (primary N) is 1. The molecular formula is C20H25N3O2. The Balaban J connectivity index is 1.95. The fraction of sp³-hybridized carbons (Fsp3) is 0.250. The highest BCUT2D eigenvalue weighted by Crippen LogP contribution is 2.20. The van der Waals surface area contributed by atoms with E-state index in [4.69, 9.17) is 10.5 Å². The lowest BCUT2D eigenvalue weighted by Gasteiger charge is -2.25. The Labute approximate surface area is 149 Å². The third-order valence-corrected chi connectivity index (χ3v) is 3.96. The number of nitrogen functional groups attached to an aromatic ring is 1. The first-order valence-corrected chi connectivity index (χ1v) is 8.11. The van der Waals surface area contributed by atoms with Crippen LogP contribution in [0.2, 0.25) is 0 Å². The van der Waals surface area contributed by atoms with E-state index >= 15 is 0 Å². The summed E-state index contributed by atoms with van der Waals surface area (Å²) in [5.74, 6) is 0.689. The smallest absolute Gasteiger partial charge is 0.244 e. The Morgan fingerprint density at radius 3 is 2.36 bits per heavy atom. The van der Waals surface area contributed by atoms with Crippen molar-refractivity contribution in [3.05, 3.63) is 65.7 Å². The van der Waals surface area contributed by atoms with Gasteiger partial charge in [-0.3, -0.25) is 4.79 Å². The van der Waals surface area contributed by atoms with Crippen molar-refractivity contribution in [2.45, 2.75) is 6.04 Å². The number of ether oxygens (including phenoxy) is 1. The van der Waals surface area contributed by atoms with Crippen LogP contribution in [0.3, 0.4) is 0 Å². The van der Waals surface area contributed by atoms with Gasteiger partial charge in [-0.15, -0.1) is 0 Å². The second-order valence-electron chi connectivity index (χ2n) is 6.00. The number of anilines is 1. The van der Waals surface area contributed by atoms with Gasteiger partial charge in [0.25, 0.3) is 0 Å². The molecule has 2 rings (SSSR count). The SMILES string of the molecule is COc1ccc(C(CNC(=O)/C=C/c2ccc(N)cc2)N(C)C)cc1. The molecule has 1 atom stereocenters. The lowest BCUT2D eigenvalue weighted by atomic mass is 10.1. The second kappa shape index (κ2) is 8.89. The van der Waals surface area contributed by atoms with Crippen LogP contribution in [0.25, 0.3) is 6.08 Å². The van der Waals surface area contributed by atoms with Crippen LogP contribution in [-0.4, -0.2) is 38.6 Å². The number of hydrogen-bond donors (Lipinski definition) is 2. The van der Waals surface area contributed by atoms with Crippen molar-refractivity contribution in [2.75, 3.05) is 33.5 Å². The van der Waals surface area contributed by atoms with Crippen molar-refractivity contribution < 1.29 is 9.53 Å². The van der Waals surface area contributed by atoms with Gasteiger partial charge in [0.2, 0.25) is 5.91 Å². The summed E-state index contributed by atoms with van der Waals surface area (Å²) < 4.78 is 5.19. The molecule has 0 saturated carbocycles. The number of nitrogens with one attached hydrogen (secondary N) is 1. The number of nitrogens with zero attached hydrogens (tertiary/aromatic N) is 1. The van der Waals surface area contributed by atoms with Crippen LogP contribution >= 0.6 is 0 Å². The van der Waals surface area contributed by atoms with E-state index in [0.717, 1.165) is 16.9 Å². The predicted molar refractivity (Wildman–Crippen MR) is 102 cm³/mol. The van der Waals surface area contributed by atoms with E-state index in [9.17, 15) is 4.79 Å². The maximum Gasteiger partial charge on any atom is 0.244 e. The van der Waals surface area contributed by atoms with Gasteiger partial charge in [0.05, 0.1) is 13.2 Å². The number of rotatable bonds is 7. The van der Waals surface area contributed by atoms with E-state index in [1.807, 2.05) is 62.6 Å². The summed E-state index contributed by atoms with van der Waals surface area (Å²) in [6.45, 7) is 0.518. The van der Waals surface area contributed by atoms with Crippen molar-refractivity contribution in [2.24, 2.45) is 0 Å². The number of carbonyl (C=O) groups excluding carboxylic acids is 1. The van der Waals surface area contributed by atoms with Crippen LogP contribution in [0.15, 0.2) is 54.6 Å². The molecule has 25 heavy (non-hydrogen) atoms. The summed E-state index contributed by atoms with van der Waals surface area (Å²) >= 11 is 0. The lowest BCUT2D eigenvalue weighted by molar-refractivity contribution is -0.116. The highest BCUT2D eigenvalue weighted by Gasteiger charge is 2.14. The average Bonchev–Trinajstić information content (AvgIpc) is 2.61. The maximum absolute atomic E-state index is 12.1. The molecule has 132 valence electrons. The molecule has 5 heteroatoms. The van der Waals surface area contributed by atoms with Gasteiger partial charge in [0.1, 0.15) is 5.75 Å². The molecular weight excluding hydrogens is 314 g/mol. The number of likely N-dealkylation sites (N-methyl/N-ethyl adjacent to an activating group) is 1. The lowest BCUT2D eigenvalue weighted by Crippen LogP contribution is -2.33. The standard InChI is InChI=1S/C20H25N3O2/c1-23(2)19(16-7-11-18(25-3)12-8-16)14-22-20(24)13-6-15-4-9-17(21)10-5-15/h4-13,19H,14,21H2,1-3H3,(H,22,24)/b13-6+. The van der Waals surface area contributed by atoms with Crippen LogP contribution in [0.1, 0.15) is 17.2 Å². The van der Waals surface area contributed by atoms with Gasteiger partial charge in [0, 0.05) is 18.3 Å². The number of carbonyl (C=O) groups is 1. The highest BCUT2D eigenvalue weighted by atomic mass is 16.5. The van der Waals surface area contributed by atoms with Gasteiger partial charge in [-0.2, -0.15) is 0 Å². The van der Waals surface area contributed by atoms with Crippen LogP contribution in [0, 0.1) is 0 Å². The number of amides is 1. The van der Waals surface area contributed by atoms with Crippen LogP contribution < -0.4 is 15.8 Å². The molecule has 0 aliphatic rings. The average molecular weight is 339 g/mol. The second-order valence-corrected chi connectivity index (χ2v) is 6.00. The van der Waals surface area contributed by atoms with E-state index in [0.29, 0.717) is 12.2 Å². The predicted octanol–water partition coefficient (Wildman–Crippen LogP) is 2.71. The molecule has 2 aromatic carbocycles. The first-order chi connectivity index (χ1) is 12.0. The molecule has 1 amide bonds. The molecule has 0 heterocycles. The van der Waals surface area contributed by atoms with E-state index in [-0.39, 0.29) is 11.9 Å². The fourth-order valence-corrected chi connectivity index (χ4v) is 2.46. The van der Waals surface area contributed by atoms with Gasteiger partial charge in [-0.25, -0.2) is 0 Å². The highest BCUT2D eigenvalue weighted by molar-refractivity contribution is 5.91. The molecule has 5 nitrogen and oxygen atoms in total. The summed E-state index contributed by atoms with van der Waals surface area (Å²) in [7, 11) is 5.63. The van der Waals surface area contributed by atoms with E-state index in [1.54, 1.807) is 13.2 Å². The van der Waals surface area contributed by atoms with Crippen molar-refractivity contribution in [1.29, 1.82) is 0 Å². The van der Waals surface area contributed by atoms with Gasteiger partial charge in [-0.05, 0) is 55.6 Å².